The summed E-state index contributed by atoms with van der Waals surface area (Å²) in [5.74, 6) is 0. The number of methoxy groups -OCH3 is 1. The van der Waals surface area contributed by atoms with Crippen LogP contribution >= 0.6 is 0 Å². The first-order chi connectivity index (χ1) is 6.24. The van der Waals surface area contributed by atoms with E-state index in [1.807, 2.05) is 0 Å². The topological polar surface area (TPSA) is 21.3 Å². The number of hydrogen-bond acceptors (Lipinski definition) is 2. The van der Waals surface area contributed by atoms with Crippen molar-refractivity contribution in [1.82, 2.24) is 5.32 Å². The smallest absolute Gasteiger partial charge is 0.0587 e. The zero-order valence-electron chi connectivity index (χ0n) is 9.65. The van der Waals surface area contributed by atoms with E-state index in [9.17, 15) is 0 Å². The van der Waals surface area contributed by atoms with Crippen LogP contribution in [-0.2, 0) is 4.74 Å². The number of rotatable bonds is 8. The molecule has 13 heavy (non-hydrogen) atoms. The van der Waals surface area contributed by atoms with Gasteiger partial charge in [0.05, 0.1) is 6.61 Å². The van der Waals surface area contributed by atoms with Crippen LogP contribution in [0.25, 0.3) is 0 Å². The highest BCUT2D eigenvalue weighted by atomic mass is 16.5. The third kappa shape index (κ3) is 4.63. The van der Waals surface area contributed by atoms with Crippen LogP contribution in [0.3, 0.4) is 0 Å². The van der Waals surface area contributed by atoms with Gasteiger partial charge in [0.2, 0.25) is 0 Å². The molecule has 0 saturated carbocycles. The second-order valence-corrected chi connectivity index (χ2v) is 3.73. The molecule has 0 fully saturated rings. The van der Waals surface area contributed by atoms with Crippen molar-refractivity contribution in [2.45, 2.75) is 40.0 Å². The summed E-state index contributed by atoms with van der Waals surface area (Å²) in [5, 5.41) is 3.46. The Labute approximate surface area is 83.1 Å². The van der Waals surface area contributed by atoms with Crippen molar-refractivity contribution in [1.29, 1.82) is 0 Å². The molecule has 0 spiro atoms. The van der Waals surface area contributed by atoms with Gasteiger partial charge in [-0.1, -0.05) is 20.8 Å². The zero-order valence-corrected chi connectivity index (χ0v) is 9.65. The van der Waals surface area contributed by atoms with Crippen molar-refractivity contribution in [3.05, 3.63) is 0 Å². The third-order valence-corrected chi connectivity index (χ3v) is 3.23. The molecule has 2 heteroatoms. The summed E-state index contributed by atoms with van der Waals surface area (Å²) >= 11 is 0. The first kappa shape index (κ1) is 12.9. The molecule has 0 unspecified atom stereocenters. The predicted molar refractivity (Wildman–Crippen MR) is 58.1 cm³/mol. The van der Waals surface area contributed by atoms with E-state index >= 15 is 0 Å². The Bertz CT molecular complexity index is 102. The fourth-order valence-electron chi connectivity index (χ4n) is 1.65. The van der Waals surface area contributed by atoms with Crippen molar-refractivity contribution in [3.8, 4) is 0 Å². The summed E-state index contributed by atoms with van der Waals surface area (Å²) in [7, 11) is 1.74. The second kappa shape index (κ2) is 7.34. The molecule has 0 heterocycles. The van der Waals surface area contributed by atoms with E-state index in [1.165, 1.54) is 19.3 Å². The number of nitrogens with one attached hydrogen (secondary N) is 1. The van der Waals surface area contributed by atoms with Crippen LogP contribution in [0.1, 0.15) is 40.0 Å². The van der Waals surface area contributed by atoms with Crippen molar-refractivity contribution < 1.29 is 4.74 Å². The Morgan fingerprint density at radius 2 is 1.62 bits per heavy atom. The molecule has 80 valence electrons. The van der Waals surface area contributed by atoms with Crippen LogP contribution in [0.15, 0.2) is 0 Å². The quantitative estimate of drug-likeness (QED) is 0.589. The molecule has 0 bridgehead atoms. The van der Waals surface area contributed by atoms with Gasteiger partial charge in [0.15, 0.2) is 0 Å². The monoisotopic (exact) mass is 187 g/mol. The van der Waals surface area contributed by atoms with E-state index in [4.69, 9.17) is 4.74 Å². The van der Waals surface area contributed by atoms with Crippen molar-refractivity contribution >= 4 is 0 Å². The molecule has 1 N–H and O–H groups in total. The van der Waals surface area contributed by atoms with E-state index in [-0.39, 0.29) is 0 Å². The molecule has 0 aliphatic carbocycles. The fourth-order valence-corrected chi connectivity index (χ4v) is 1.65. The van der Waals surface area contributed by atoms with Crippen LogP contribution in [0.2, 0.25) is 0 Å². The van der Waals surface area contributed by atoms with Crippen molar-refractivity contribution in [3.63, 3.8) is 0 Å². The fraction of sp³-hybridized carbons (Fsp3) is 1.00. The summed E-state index contributed by atoms with van der Waals surface area (Å²) in [6.07, 6.45) is 3.79. The van der Waals surface area contributed by atoms with E-state index < -0.39 is 0 Å². The summed E-state index contributed by atoms with van der Waals surface area (Å²) < 4.78 is 4.99. The van der Waals surface area contributed by atoms with Gasteiger partial charge < -0.3 is 10.1 Å². The molecule has 0 atom stereocenters. The van der Waals surface area contributed by atoms with Gasteiger partial charge in [-0.2, -0.15) is 0 Å². The average molecular weight is 187 g/mol. The maximum absolute atomic E-state index is 4.99. The predicted octanol–water partition coefficient (Wildman–Crippen LogP) is 2.44. The molecule has 0 aromatic carbocycles. The Balaban J connectivity index is 3.68. The Morgan fingerprint density at radius 1 is 1.08 bits per heavy atom. The lowest BCUT2D eigenvalue weighted by atomic mass is 9.80. The average Bonchev–Trinajstić information content (AvgIpc) is 2.20. The van der Waals surface area contributed by atoms with E-state index in [0.717, 1.165) is 19.7 Å². The molecular formula is C11H25NO. The Morgan fingerprint density at radius 3 is 2.00 bits per heavy atom. The molecular weight excluding hydrogens is 162 g/mol. The minimum atomic E-state index is 0.508. The molecule has 0 rings (SSSR count). The highest BCUT2D eigenvalue weighted by Crippen LogP contribution is 2.28. The van der Waals surface area contributed by atoms with Gasteiger partial charge in [-0.3, -0.25) is 0 Å². The van der Waals surface area contributed by atoms with Gasteiger partial charge in [0.1, 0.15) is 0 Å². The molecule has 2 nitrogen and oxygen atoms in total. The SMILES string of the molecule is CCC(CC)(CC)CNCCOC. The van der Waals surface area contributed by atoms with Gasteiger partial charge in [-0.15, -0.1) is 0 Å². The number of ether oxygens (including phenoxy) is 1. The lowest BCUT2D eigenvalue weighted by molar-refractivity contribution is 0.184. The van der Waals surface area contributed by atoms with Gasteiger partial charge in [0, 0.05) is 20.2 Å². The molecule has 0 aliphatic heterocycles. The van der Waals surface area contributed by atoms with Gasteiger partial charge >= 0.3 is 0 Å². The van der Waals surface area contributed by atoms with Crippen LogP contribution in [-0.4, -0.2) is 26.8 Å². The van der Waals surface area contributed by atoms with Crippen LogP contribution in [0.4, 0.5) is 0 Å². The second-order valence-electron chi connectivity index (χ2n) is 3.73. The number of hydrogen-bond donors (Lipinski definition) is 1. The highest BCUT2D eigenvalue weighted by Gasteiger charge is 2.22. The van der Waals surface area contributed by atoms with Crippen LogP contribution in [0, 0.1) is 5.41 Å². The summed E-state index contributed by atoms with van der Waals surface area (Å²) in [4.78, 5) is 0. The molecule has 0 aliphatic rings. The zero-order chi connectivity index (χ0) is 10.2. The normalized spacial score (nSPS) is 12.0. The third-order valence-electron chi connectivity index (χ3n) is 3.23. The van der Waals surface area contributed by atoms with Crippen molar-refractivity contribution in [2.24, 2.45) is 5.41 Å². The lowest BCUT2D eigenvalue weighted by Crippen LogP contribution is -2.34. The van der Waals surface area contributed by atoms with Crippen LogP contribution < -0.4 is 5.32 Å². The summed E-state index contributed by atoms with van der Waals surface area (Å²) in [6, 6.07) is 0. The maximum atomic E-state index is 4.99. The molecule has 0 radical (unpaired) electrons. The summed E-state index contributed by atoms with van der Waals surface area (Å²) in [6.45, 7) is 9.76. The standard InChI is InChI=1S/C11H25NO/c1-5-11(6-2,7-3)10-12-8-9-13-4/h12H,5-10H2,1-4H3. The molecule has 0 amide bonds. The molecule has 0 aromatic rings. The lowest BCUT2D eigenvalue weighted by Gasteiger charge is -2.30. The minimum absolute atomic E-state index is 0.508. The van der Waals surface area contributed by atoms with E-state index in [1.54, 1.807) is 7.11 Å². The summed E-state index contributed by atoms with van der Waals surface area (Å²) in [5.41, 5.74) is 0.508. The largest absolute Gasteiger partial charge is 0.383 e. The Hall–Kier alpha value is -0.0800. The van der Waals surface area contributed by atoms with E-state index in [0.29, 0.717) is 5.41 Å². The van der Waals surface area contributed by atoms with Crippen LogP contribution in [0.5, 0.6) is 0 Å². The van der Waals surface area contributed by atoms with Crippen molar-refractivity contribution in [2.75, 3.05) is 26.8 Å². The highest BCUT2D eigenvalue weighted by molar-refractivity contribution is 4.77. The van der Waals surface area contributed by atoms with Gasteiger partial charge in [-0.05, 0) is 24.7 Å². The first-order valence-corrected chi connectivity index (χ1v) is 5.44. The van der Waals surface area contributed by atoms with Gasteiger partial charge in [0.25, 0.3) is 0 Å². The van der Waals surface area contributed by atoms with E-state index in [2.05, 4.69) is 26.1 Å². The first-order valence-electron chi connectivity index (χ1n) is 5.44. The maximum Gasteiger partial charge on any atom is 0.0587 e. The molecule has 0 saturated heterocycles. The van der Waals surface area contributed by atoms with Gasteiger partial charge in [-0.25, -0.2) is 0 Å². The Kier molecular flexibility index (Phi) is 7.29. The molecule has 0 aromatic heterocycles. The minimum Gasteiger partial charge on any atom is -0.383 e.